The third-order valence-electron chi connectivity index (χ3n) is 7.26. The van der Waals surface area contributed by atoms with Gasteiger partial charge in [0.25, 0.3) is 0 Å². The molecule has 3 rings (SSSR count). The topological polar surface area (TPSA) is 72.8 Å². The Morgan fingerprint density at radius 1 is 1.00 bits per heavy atom. The molecule has 1 N–H and O–H groups in total. The van der Waals surface area contributed by atoms with E-state index in [2.05, 4.69) is 13.8 Å². The molecule has 0 heterocycles. The third-order valence-corrected chi connectivity index (χ3v) is 7.55. The molecule has 2 unspecified atom stereocenters. The molecule has 0 saturated heterocycles. The molecule has 2 aromatic rings. The predicted octanol–water partition coefficient (Wildman–Crippen LogP) is 6.93. The minimum absolute atomic E-state index is 0.0902. The monoisotopic (exact) mass is 486 g/mol. The summed E-state index contributed by atoms with van der Waals surface area (Å²) in [5.41, 5.74) is 0.777. The minimum atomic E-state index is -1.27. The summed E-state index contributed by atoms with van der Waals surface area (Å²) in [4.78, 5) is 24.4. The van der Waals surface area contributed by atoms with Crippen LogP contribution < -0.4 is 4.74 Å². The van der Waals surface area contributed by atoms with Gasteiger partial charge >= 0.3 is 11.9 Å². The Hall–Kier alpha value is -2.53. The maximum Gasteiger partial charge on any atom is 0.338 e. The van der Waals surface area contributed by atoms with Gasteiger partial charge in [0.05, 0.1) is 5.56 Å². The van der Waals surface area contributed by atoms with Gasteiger partial charge < -0.3 is 14.6 Å². The average molecular weight is 487 g/mol. The van der Waals surface area contributed by atoms with E-state index in [9.17, 15) is 14.7 Å². The van der Waals surface area contributed by atoms with Crippen LogP contribution in [0.25, 0.3) is 0 Å². The zero-order chi connectivity index (χ0) is 25.0. The summed E-state index contributed by atoms with van der Waals surface area (Å²) in [5.74, 6) is -0.426. The lowest BCUT2D eigenvalue weighted by Gasteiger charge is -2.35. The van der Waals surface area contributed by atoms with Crippen LogP contribution in [0.5, 0.6) is 11.5 Å². The fraction of sp³-hybridized carbons (Fsp3) is 0.500. The Labute approximate surface area is 207 Å². The Balaban J connectivity index is 1.71. The highest BCUT2D eigenvalue weighted by Crippen LogP contribution is 2.40. The number of phenolic OH excluding ortho intramolecular Hbond substituents is 1. The minimum Gasteiger partial charge on any atom is -0.508 e. The lowest BCUT2D eigenvalue weighted by atomic mass is 9.73. The maximum absolute atomic E-state index is 12.8. The van der Waals surface area contributed by atoms with Crippen LogP contribution >= 0.6 is 11.6 Å². The van der Waals surface area contributed by atoms with E-state index in [-0.39, 0.29) is 17.3 Å². The number of aromatic hydroxyl groups is 1. The van der Waals surface area contributed by atoms with Crippen LogP contribution in [-0.2, 0) is 14.9 Å². The number of hydrogen-bond acceptors (Lipinski definition) is 5. The van der Waals surface area contributed by atoms with E-state index in [0.29, 0.717) is 17.7 Å². The third kappa shape index (κ3) is 5.93. The van der Waals surface area contributed by atoms with Crippen LogP contribution in [0.2, 0.25) is 0 Å². The summed E-state index contributed by atoms with van der Waals surface area (Å²) in [6.07, 6.45) is 5.97. The second kappa shape index (κ2) is 10.4. The first-order valence-corrected chi connectivity index (χ1v) is 12.4. The van der Waals surface area contributed by atoms with Crippen molar-refractivity contribution < 1.29 is 24.2 Å². The lowest BCUT2D eigenvalue weighted by molar-refractivity contribution is -0.137. The van der Waals surface area contributed by atoms with E-state index in [1.807, 2.05) is 19.1 Å². The molecular weight excluding hydrogens is 452 g/mol. The average Bonchev–Trinajstić information content (AvgIpc) is 3.29. The van der Waals surface area contributed by atoms with E-state index in [1.165, 1.54) is 24.3 Å². The zero-order valence-corrected chi connectivity index (χ0v) is 21.3. The largest absolute Gasteiger partial charge is 0.508 e. The Morgan fingerprint density at radius 2 is 1.59 bits per heavy atom. The van der Waals surface area contributed by atoms with Crippen molar-refractivity contribution in [3.05, 3.63) is 59.7 Å². The van der Waals surface area contributed by atoms with E-state index in [4.69, 9.17) is 21.1 Å². The normalized spacial score (nSPS) is 18.5. The molecule has 2 atom stereocenters. The van der Waals surface area contributed by atoms with Gasteiger partial charge in [0, 0.05) is 0 Å². The highest BCUT2D eigenvalue weighted by molar-refractivity contribution is 6.34. The van der Waals surface area contributed by atoms with Crippen LogP contribution in [0.4, 0.5) is 0 Å². The summed E-state index contributed by atoms with van der Waals surface area (Å²) in [7, 11) is 0. The number of carbonyl (C=O) groups is 2. The van der Waals surface area contributed by atoms with Gasteiger partial charge in [0.15, 0.2) is 0 Å². The van der Waals surface area contributed by atoms with Gasteiger partial charge in [-0.05, 0) is 99.2 Å². The van der Waals surface area contributed by atoms with Crippen molar-refractivity contribution in [2.75, 3.05) is 0 Å². The molecule has 1 aliphatic rings. The van der Waals surface area contributed by atoms with Crippen molar-refractivity contribution in [3.8, 4) is 11.5 Å². The van der Waals surface area contributed by atoms with Crippen molar-refractivity contribution in [1.82, 2.24) is 0 Å². The molecule has 0 spiro atoms. The molecule has 2 aromatic carbocycles. The Morgan fingerprint density at radius 3 is 2.12 bits per heavy atom. The molecule has 1 fully saturated rings. The molecular formula is C28H35ClO5. The second-order valence-electron chi connectivity index (χ2n) is 9.88. The van der Waals surface area contributed by atoms with Crippen molar-refractivity contribution in [1.29, 1.82) is 0 Å². The fourth-order valence-electron chi connectivity index (χ4n) is 4.78. The number of benzene rings is 2. The van der Waals surface area contributed by atoms with Gasteiger partial charge in [-0.15, -0.1) is 11.6 Å². The van der Waals surface area contributed by atoms with Crippen LogP contribution in [-0.4, -0.2) is 27.5 Å². The van der Waals surface area contributed by atoms with Crippen LogP contribution in [0.3, 0.4) is 0 Å². The van der Waals surface area contributed by atoms with E-state index < -0.39 is 16.3 Å². The number of esters is 2. The molecule has 0 aliphatic heterocycles. The molecule has 34 heavy (non-hydrogen) atoms. The fourth-order valence-corrected chi connectivity index (χ4v) is 5.11. The number of halogens is 1. The van der Waals surface area contributed by atoms with Gasteiger partial charge in [0.1, 0.15) is 22.0 Å². The zero-order valence-electron chi connectivity index (χ0n) is 20.5. The second-order valence-corrected chi connectivity index (χ2v) is 10.7. The van der Waals surface area contributed by atoms with Crippen LogP contribution in [0.1, 0.15) is 88.6 Å². The summed E-state index contributed by atoms with van der Waals surface area (Å²) in [6.45, 7) is 7.83. The van der Waals surface area contributed by atoms with E-state index in [0.717, 1.165) is 44.1 Å². The number of hydrogen-bond donors (Lipinski definition) is 1. The quantitative estimate of drug-likeness (QED) is 0.236. The first-order chi connectivity index (χ1) is 16.0. The summed E-state index contributed by atoms with van der Waals surface area (Å²) in [6, 6.07) is 13.4. The summed E-state index contributed by atoms with van der Waals surface area (Å²) < 4.78 is 11.4. The molecule has 6 heteroatoms. The van der Waals surface area contributed by atoms with Crippen LogP contribution in [0.15, 0.2) is 48.5 Å². The smallest absolute Gasteiger partial charge is 0.338 e. The van der Waals surface area contributed by atoms with Crippen molar-refractivity contribution >= 4 is 23.5 Å². The first kappa shape index (κ1) is 26.1. The number of ether oxygens (including phenoxy) is 2. The SMILES string of the molecule is CCC1(OC(=O)c2ccc(C(C)(CC)CC(C)(Cl)C(=O)Oc3ccc(O)cc3)cc2)CCCC1. The molecule has 1 aliphatic carbocycles. The van der Waals surface area contributed by atoms with Gasteiger partial charge in [-0.2, -0.15) is 0 Å². The van der Waals surface area contributed by atoms with Crippen molar-refractivity contribution in [2.24, 2.45) is 0 Å². The lowest BCUT2D eigenvalue weighted by Crippen LogP contribution is -2.40. The van der Waals surface area contributed by atoms with Gasteiger partial charge in [-0.3, -0.25) is 0 Å². The molecule has 0 amide bonds. The molecule has 184 valence electrons. The van der Waals surface area contributed by atoms with Gasteiger partial charge in [0.2, 0.25) is 0 Å². The molecule has 0 aromatic heterocycles. The van der Waals surface area contributed by atoms with E-state index >= 15 is 0 Å². The van der Waals surface area contributed by atoms with Crippen LogP contribution in [0, 0.1) is 0 Å². The molecule has 5 nitrogen and oxygen atoms in total. The van der Waals surface area contributed by atoms with Crippen molar-refractivity contribution in [3.63, 3.8) is 0 Å². The number of rotatable bonds is 9. The summed E-state index contributed by atoms with van der Waals surface area (Å²) in [5, 5.41) is 9.42. The number of alkyl halides is 1. The van der Waals surface area contributed by atoms with E-state index in [1.54, 1.807) is 19.1 Å². The van der Waals surface area contributed by atoms with Crippen molar-refractivity contribution in [2.45, 2.75) is 88.5 Å². The predicted molar refractivity (Wildman–Crippen MR) is 134 cm³/mol. The Kier molecular flexibility index (Phi) is 7.97. The number of carbonyl (C=O) groups excluding carboxylic acids is 2. The first-order valence-electron chi connectivity index (χ1n) is 12.1. The van der Waals surface area contributed by atoms with Gasteiger partial charge in [-0.1, -0.05) is 32.9 Å². The Bertz CT molecular complexity index is 990. The highest BCUT2D eigenvalue weighted by atomic mass is 35.5. The summed E-state index contributed by atoms with van der Waals surface area (Å²) >= 11 is 6.69. The molecule has 0 bridgehead atoms. The highest BCUT2D eigenvalue weighted by Gasteiger charge is 2.41. The molecule has 0 radical (unpaired) electrons. The molecule has 1 saturated carbocycles. The van der Waals surface area contributed by atoms with Gasteiger partial charge in [-0.25, -0.2) is 9.59 Å². The maximum atomic E-state index is 12.8. The standard InChI is InChI=1S/C28H35ClO5/c1-5-26(3,19-27(4,29)25(32)33-23-15-13-22(30)14-16-23)21-11-9-20(10-12-21)24(31)34-28(6-2)17-7-8-18-28/h9-16,30H,5-8,17-19H2,1-4H3. The number of phenols is 1.